The van der Waals surface area contributed by atoms with Crippen molar-refractivity contribution in [1.29, 1.82) is 0 Å². The molecular weight excluding hydrogens is 284 g/mol. The van der Waals surface area contributed by atoms with Crippen LogP contribution in [0.25, 0.3) is 0 Å². The van der Waals surface area contributed by atoms with E-state index in [9.17, 15) is 9.59 Å². The third-order valence-corrected chi connectivity index (χ3v) is 4.32. The molecule has 2 amide bonds. The molecule has 1 saturated carbocycles. The van der Waals surface area contributed by atoms with Gasteiger partial charge in [-0.05, 0) is 40.5 Å². The van der Waals surface area contributed by atoms with Gasteiger partial charge in [-0.1, -0.05) is 19.3 Å². The van der Waals surface area contributed by atoms with Gasteiger partial charge in [0.2, 0.25) is 5.91 Å². The second-order valence-electron chi connectivity index (χ2n) is 7.08. The Labute approximate surface area is 133 Å². The van der Waals surface area contributed by atoms with Gasteiger partial charge < -0.3 is 15.2 Å². The Bertz CT molecular complexity index is 399. The number of ether oxygens (including phenoxy) is 2. The zero-order chi connectivity index (χ0) is 17.0. The third-order valence-electron chi connectivity index (χ3n) is 4.32. The van der Waals surface area contributed by atoms with Crippen molar-refractivity contribution in [1.82, 2.24) is 5.32 Å². The fraction of sp³-hybridized carbons (Fsp3) is 0.875. The SMILES string of the molecule is COC(NC(=O)OC(C)(C)C)(C1CCCCC1)C(C)C(N)=O. The molecule has 0 aromatic heterocycles. The zero-order valence-electron chi connectivity index (χ0n) is 14.4. The largest absolute Gasteiger partial charge is 0.444 e. The van der Waals surface area contributed by atoms with Gasteiger partial charge in [0.1, 0.15) is 5.60 Å². The van der Waals surface area contributed by atoms with Crippen LogP contribution in [-0.2, 0) is 14.3 Å². The van der Waals surface area contributed by atoms with Gasteiger partial charge in [0.15, 0.2) is 5.72 Å². The monoisotopic (exact) mass is 314 g/mol. The topological polar surface area (TPSA) is 90.7 Å². The van der Waals surface area contributed by atoms with Crippen LogP contribution >= 0.6 is 0 Å². The second kappa shape index (κ2) is 7.31. The van der Waals surface area contributed by atoms with Crippen LogP contribution in [0.5, 0.6) is 0 Å². The van der Waals surface area contributed by atoms with Crippen molar-refractivity contribution in [3.63, 3.8) is 0 Å². The maximum absolute atomic E-state index is 12.2. The predicted octanol–water partition coefficient (Wildman–Crippen LogP) is 2.56. The van der Waals surface area contributed by atoms with Crippen molar-refractivity contribution in [2.75, 3.05) is 7.11 Å². The number of nitrogens with one attached hydrogen (secondary N) is 1. The van der Waals surface area contributed by atoms with Gasteiger partial charge in [-0.2, -0.15) is 0 Å². The van der Waals surface area contributed by atoms with Crippen molar-refractivity contribution in [3.8, 4) is 0 Å². The maximum Gasteiger partial charge on any atom is 0.409 e. The van der Waals surface area contributed by atoms with E-state index in [2.05, 4.69) is 5.32 Å². The molecule has 6 heteroatoms. The van der Waals surface area contributed by atoms with Crippen molar-refractivity contribution >= 4 is 12.0 Å². The van der Waals surface area contributed by atoms with Crippen LogP contribution in [0.3, 0.4) is 0 Å². The Balaban J connectivity index is 3.03. The van der Waals surface area contributed by atoms with E-state index in [0.29, 0.717) is 0 Å². The summed E-state index contributed by atoms with van der Waals surface area (Å²) in [7, 11) is 1.51. The minimum atomic E-state index is -1.12. The summed E-state index contributed by atoms with van der Waals surface area (Å²) in [4.78, 5) is 24.0. The van der Waals surface area contributed by atoms with Crippen molar-refractivity contribution in [3.05, 3.63) is 0 Å². The average molecular weight is 314 g/mol. The van der Waals surface area contributed by atoms with Crippen molar-refractivity contribution in [2.45, 2.75) is 71.1 Å². The zero-order valence-corrected chi connectivity index (χ0v) is 14.4. The molecule has 0 aliphatic heterocycles. The van der Waals surface area contributed by atoms with Gasteiger partial charge in [-0.15, -0.1) is 0 Å². The smallest absolute Gasteiger partial charge is 0.409 e. The summed E-state index contributed by atoms with van der Waals surface area (Å²) in [5, 5.41) is 2.80. The van der Waals surface area contributed by atoms with E-state index in [4.69, 9.17) is 15.2 Å². The lowest BCUT2D eigenvalue weighted by molar-refractivity contribution is -0.152. The molecule has 6 nitrogen and oxygen atoms in total. The molecule has 1 rings (SSSR count). The van der Waals surface area contributed by atoms with Gasteiger partial charge in [0.05, 0.1) is 5.92 Å². The summed E-state index contributed by atoms with van der Waals surface area (Å²) in [5.74, 6) is -1.10. The van der Waals surface area contributed by atoms with E-state index in [1.165, 1.54) is 7.11 Å². The minimum Gasteiger partial charge on any atom is -0.444 e. The Hall–Kier alpha value is -1.30. The Morgan fingerprint density at radius 1 is 1.18 bits per heavy atom. The van der Waals surface area contributed by atoms with Crippen LogP contribution in [0.1, 0.15) is 59.8 Å². The molecule has 1 aliphatic rings. The number of carbonyl (C=O) groups excluding carboxylic acids is 2. The number of carbonyl (C=O) groups is 2. The summed E-state index contributed by atoms with van der Waals surface area (Å²) in [5.41, 5.74) is 3.76. The standard InChI is InChI=1S/C16H30N2O4/c1-11(13(17)19)16(21-5,12-9-7-6-8-10-12)18-14(20)22-15(2,3)4/h11-12H,6-10H2,1-5H3,(H2,17,19)(H,18,20). The van der Waals surface area contributed by atoms with Gasteiger partial charge >= 0.3 is 6.09 Å². The summed E-state index contributed by atoms with van der Waals surface area (Å²) >= 11 is 0. The number of rotatable bonds is 5. The first-order valence-corrected chi connectivity index (χ1v) is 7.98. The molecule has 0 heterocycles. The number of alkyl carbamates (subject to hydrolysis) is 1. The number of amides is 2. The molecule has 1 fully saturated rings. The summed E-state index contributed by atoms with van der Waals surface area (Å²) < 4.78 is 11.0. The molecular formula is C16H30N2O4. The first kappa shape index (κ1) is 18.7. The lowest BCUT2D eigenvalue weighted by Crippen LogP contribution is -2.63. The van der Waals surface area contributed by atoms with E-state index in [-0.39, 0.29) is 5.92 Å². The maximum atomic E-state index is 12.2. The van der Waals surface area contributed by atoms with Crippen LogP contribution in [-0.4, -0.2) is 30.4 Å². The molecule has 128 valence electrons. The fourth-order valence-electron chi connectivity index (χ4n) is 3.16. The summed E-state index contributed by atoms with van der Waals surface area (Å²) in [6, 6.07) is 0. The van der Waals surface area contributed by atoms with Gasteiger partial charge in [0.25, 0.3) is 0 Å². The Kier molecular flexibility index (Phi) is 6.23. The molecule has 0 radical (unpaired) electrons. The van der Waals surface area contributed by atoms with E-state index < -0.39 is 29.2 Å². The predicted molar refractivity (Wildman–Crippen MR) is 84.0 cm³/mol. The van der Waals surface area contributed by atoms with Crippen LogP contribution in [0.15, 0.2) is 0 Å². The molecule has 22 heavy (non-hydrogen) atoms. The molecule has 2 unspecified atom stereocenters. The third kappa shape index (κ3) is 4.60. The lowest BCUT2D eigenvalue weighted by Gasteiger charge is -2.44. The van der Waals surface area contributed by atoms with E-state index in [1.54, 1.807) is 27.7 Å². The van der Waals surface area contributed by atoms with Gasteiger partial charge in [-0.3, -0.25) is 10.1 Å². The first-order chi connectivity index (χ1) is 10.1. The van der Waals surface area contributed by atoms with Crippen LogP contribution in [0.4, 0.5) is 4.79 Å². The van der Waals surface area contributed by atoms with Gasteiger partial charge in [0, 0.05) is 13.0 Å². The van der Waals surface area contributed by atoms with E-state index in [0.717, 1.165) is 32.1 Å². The molecule has 2 atom stereocenters. The molecule has 1 aliphatic carbocycles. The van der Waals surface area contributed by atoms with E-state index in [1.807, 2.05) is 0 Å². The van der Waals surface area contributed by atoms with E-state index >= 15 is 0 Å². The highest BCUT2D eigenvalue weighted by Crippen LogP contribution is 2.38. The Morgan fingerprint density at radius 2 is 1.73 bits per heavy atom. The molecule has 0 bridgehead atoms. The van der Waals surface area contributed by atoms with Crippen molar-refractivity contribution < 1.29 is 19.1 Å². The van der Waals surface area contributed by atoms with Crippen LogP contribution in [0, 0.1) is 11.8 Å². The van der Waals surface area contributed by atoms with Crippen LogP contribution < -0.4 is 11.1 Å². The highest BCUT2D eigenvalue weighted by atomic mass is 16.6. The molecule has 0 aromatic carbocycles. The number of hydrogen-bond donors (Lipinski definition) is 2. The first-order valence-electron chi connectivity index (χ1n) is 7.98. The average Bonchev–Trinajstić information content (AvgIpc) is 2.43. The normalized spacial score (nSPS) is 20.8. The molecule has 3 N–H and O–H groups in total. The lowest BCUT2D eigenvalue weighted by atomic mass is 9.75. The highest BCUT2D eigenvalue weighted by molar-refractivity contribution is 5.79. The molecule has 0 aromatic rings. The minimum absolute atomic E-state index is 0.0428. The summed E-state index contributed by atoms with van der Waals surface area (Å²) in [6.45, 7) is 7.06. The second-order valence-corrected chi connectivity index (χ2v) is 7.08. The van der Waals surface area contributed by atoms with Crippen molar-refractivity contribution in [2.24, 2.45) is 17.6 Å². The fourth-order valence-corrected chi connectivity index (χ4v) is 3.16. The molecule has 0 saturated heterocycles. The number of primary amides is 1. The highest BCUT2D eigenvalue weighted by Gasteiger charge is 2.48. The molecule has 0 spiro atoms. The number of hydrogen-bond acceptors (Lipinski definition) is 4. The van der Waals surface area contributed by atoms with Gasteiger partial charge in [-0.25, -0.2) is 4.79 Å². The summed E-state index contributed by atoms with van der Waals surface area (Å²) in [6.07, 6.45) is 4.46. The Morgan fingerprint density at radius 3 is 2.14 bits per heavy atom. The number of nitrogens with two attached hydrogens (primary N) is 1. The quantitative estimate of drug-likeness (QED) is 0.763. The van der Waals surface area contributed by atoms with Crippen LogP contribution in [0.2, 0.25) is 0 Å². The number of methoxy groups -OCH3 is 1.